The SMILES string of the molecule is Nc1nc(Cl)cc(NC2CONC2=O)n1. The molecule has 80 valence electrons. The minimum atomic E-state index is -0.490. The van der Waals surface area contributed by atoms with Crippen molar-refractivity contribution in [2.75, 3.05) is 17.7 Å². The molecule has 4 N–H and O–H groups in total. The first-order chi connectivity index (χ1) is 7.15. The number of nitrogens with zero attached hydrogens (tertiary/aromatic N) is 2. The van der Waals surface area contributed by atoms with Crippen LogP contribution in [-0.2, 0) is 9.63 Å². The van der Waals surface area contributed by atoms with E-state index in [1.54, 1.807) is 0 Å². The van der Waals surface area contributed by atoms with Gasteiger partial charge in [-0.3, -0.25) is 9.63 Å². The summed E-state index contributed by atoms with van der Waals surface area (Å²) in [5.41, 5.74) is 7.60. The number of halogens is 1. The first-order valence-corrected chi connectivity index (χ1v) is 4.51. The first kappa shape index (κ1) is 9.94. The molecule has 0 bridgehead atoms. The number of hydrogen-bond acceptors (Lipinski definition) is 6. The Kier molecular flexibility index (Phi) is 2.57. The lowest BCUT2D eigenvalue weighted by Gasteiger charge is -2.08. The van der Waals surface area contributed by atoms with Crippen LogP contribution in [0.25, 0.3) is 0 Å². The number of carbonyl (C=O) groups is 1. The zero-order valence-electron chi connectivity index (χ0n) is 7.53. The maximum Gasteiger partial charge on any atom is 0.268 e. The van der Waals surface area contributed by atoms with Gasteiger partial charge in [0, 0.05) is 6.07 Å². The number of nitrogens with one attached hydrogen (secondary N) is 2. The number of rotatable bonds is 2. The van der Waals surface area contributed by atoms with Crippen molar-refractivity contribution in [2.24, 2.45) is 0 Å². The molecule has 15 heavy (non-hydrogen) atoms. The third-order valence-corrected chi connectivity index (χ3v) is 1.97. The summed E-state index contributed by atoms with van der Waals surface area (Å²) < 4.78 is 0. The number of hydroxylamine groups is 1. The second-order valence-corrected chi connectivity index (χ2v) is 3.30. The highest BCUT2D eigenvalue weighted by Gasteiger charge is 2.25. The zero-order chi connectivity index (χ0) is 10.8. The summed E-state index contributed by atoms with van der Waals surface area (Å²) in [7, 11) is 0. The number of hydrogen-bond donors (Lipinski definition) is 3. The van der Waals surface area contributed by atoms with E-state index in [0.717, 1.165) is 0 Å². The van der Waals surface area contributed by atoms with E-state index >= 15 is 0 Å². The second kappa shape index (κ2) is 3.87. The van der Waals surface area contributed by atoms with Crippen LogP contribution < -0.4 is 16.5 Å². The zero-order valence-corrected chi connectivity index (χ0v) is 8.28. The van der Waals surface area contributed by atoms with E-state index in [1.807, 2.05) is 0 Å². The molecule has 1 aliphatic rings. The molecule has 1 fully saturated rings. The fourth-order valence-corrected chi connectivity index (χ4v) is 1.33. The Morgan fingerprint density at radius 3 is 3.07 bits per heavy atom. The van der Waals surface area contributed by atoms with Gasteiger partial charge >= 0.3 is 0 Å². The Bertz CT molecular complexity index is 379. The normalized spacial score (nSPS) is 20.1. The molecule has 2 heterocycles. The van der Waals surface area contributed by atoms with Crippen LogP contribution in [0.3, 0.4) is 0 Å². The maximum absolute atomic E-state index is 11.1. The van der Waals surface area contributed by atoms with Crippen LogP contribution in [0, 0.1) is 0 Å². The van der Waals surface area contributed by atoms with Crippen LogP contribution in [0.5, 0.6) is 0 Å². The molecule has 1 amide bonds. The molecule has 1 saturated heterocycles. The summed E-state index contributed by atoms with van der Waals surface area (Å²) >= 11 is 5.67. The van der Waals surface area contributed by atoms with Gasteiger partial charge in [0.2, 0.25) is 5.95 Å². The largest absolute Gasteiger partial charge is 0.368 e. The molecule has 0 saturated carbocycles. The number of nitrogens with two attached hydrogens (primary N) is 1. The summed E-state index contributed by atoms with van der Waals surface area (Å²) in [6, 6.07) is 0.985. The topological polar surface area (TPSA) is 102 Å². The molecule has 2 rings (SSSR count). The lowest BCUT2D eigenvalue weighted by atomic mass is 10.3. The maximum atomic E-state index is 11.1. The molecular weight excluding hydrogens is 222 g/mol. The monoisotopic (exact) mass is 229 g/mol. The van der Waals surface area contributed by atoms with Gasteiger partial charge in [-0.1, -0.05) is 11.6 Å². The summed E-state index contributed by atoms with van der Waals surface area (Å²) in [5.74, 6) is 0.172. The highest BCUT2D eigenvalue weighted by atomic mass is 35.5. The van der Waals surface area contributed by atoms with Gasteiger partial charge < -0.3 is 11.1 Å². The van der Waals surface area contributed by atoms with Gasteiger partial charge in [0.25, 0.3) is 5.91 Å². The molecule has 1 aliphatic heterocycles. The van der Waals surface area contributed by atoms with Crippen LogP contribution in [0.15, 0.2) is 6.07 Å². The van der Waals surface area contributed by atoms with Gasteiger partial charge in [-0.25, -0.2) is 10.5 Å². The number of nitrogen functional groups attached to an aromatic ring is 1. The summed E-state index contributed by atoms with van der Waals surface area (Å²) in [5, 5.41) is 3.03. The molecule has 1 aromatic heterocycles. The van der Waals surface area contributed by atoms with Gasteiger partial charge in [0.1, 0.15) is 23.6 Å². The predicted molar refractivity (Wildman–Crippen MR) is 53.0 cm³/mol. The molecule has 0 aliphatic carbocycles. The number of carbonyl (C=O) groups excluding carboxylic acids is 1. The van der Waals surface area contributed by atoms with Crippen molar-refractivity contribution in [3.05, 3.63) is 11.2 Å². The standard InChI is InChI=1S/C7H8ClN5O2/c8-4-1-5(12-7(9)11-4)10-3-2-15-13-6(3)14/h1,3H,2H2,(H,13,14)(H3,9,10,11,12). The van der Waals surface area contributed by atoms with Crippen LogP contribution in [0.2, 0.25) is 5.15 Å². The molecule has 1 aromatic rings. The lowest BCUT2D eigenvalue weighted by molar-refractivity contribution is -0.124. The molecule has 1 unspecified atom stereocenters. The fourth-order valence-electron chi connectivity index (χ4n) is 1.14. The van der Waals surface area contributed by atoms with Crippen molar-refractivity contribution in [1.82, 2.24) is 15.4 Å². The average Bonchev–Trinajstić information content (AvgIpc) is 2.50. The third-order valence-electron chi connectivity index (χ3n) is 1.77. The van der Waals surface area contributed by atoms with Gasteiger partial charge in [0.15, 0.2) is 0 Å². The highest BCUT2D eigenvalue weighted by Crippen LogP contribution is 2.14. The molecule has 0 radical (unpaired) electrons. The Morgan fingerprint density at radius 2 is 2.47 bits per heavy atom. The van der Waals surface area contributed by atoms with E-state index in [9.17, 15) is 4.79 Å². The van der Waals surface area contributed by atoms with Crippen molar-refractivity contribution in [1.29, 1.82) is 0 Å². The summed E-state index contributed by atoms with van der Waals surface area (Å²) in [6.07, 6.45) is 0. The second-order valence-electron chi connectivity index (χ2n) is 2.91. The van der Waals surface area contributed by atoms with E-state index in [2.05, 4.69) is 20.8 Å². The highest BCUT2D eigenvalue weighted by molar-refractivity contribution is 6.29. The van der Waals surface area contributed by atoms with Gasteiger partial charge in [0.05, 0.1) is 0 Å². The van der Waals surface area contributed by atoms with E-state index in [1.165, 1.54) is 6.07 Å². The summed E-state index contributed by atoms with van der Waals surface area (Å²) in [6.45, 7) is 0.223. The summed E-state index contributed by atoms with van der Waals surface area (Å²) in [4.78, 5) is 23.4. The van der Waals surface area contributed by atoms with Crippen molar-refractivity contribution >= 4 is 29.3 Å². The number of aromatic nitrogens is 2. The van der Waals surface area contributed by atoms with Gasteiger partial charge in [-0.2, -0.15) is 4.98 Å². The minimum absolute atomic E-state index is 0.0457. The predicted octanol–water partition coefficient (Wildman–Crippen LogP) is -0.446. The lowest BCUT2D eigenvalue weighted by Crippen LogP contribution is -2.31. The van der Waals surface area contributed by atoms with Crippen LogP contribution in [0.4, 0.5) is 11.8 Å². The van der Waals surface area contributed by atoms with E-state index in [-0.39, 0.29) is 23.6 Å². The van der Waals surface area contributed by atoms with Crippen molar-refractivity contribution < 1.29 is 9.63 Å². The fraction of sp³-hybridized carbons (Fsp3) is 0.286. The molecular formula is C7H8ClN5O2. The van der Waals surface area contributed by atoms with E-state index < -0.39 is 6.04 Å². The molecule has 0 aromatic carbocycles. The number of amides is 1. The Hall–Kier alpha value is -1.60. The van der Waals surface area contributed by atoms with E-state index in [0.29, 0.717) is 5.82 Å². The Morgan fingerprint density at radius 1 is 1.67 bits per heavy atom. The van der Waals surface area contributed by atoms with Gasteiger partial charge in [-0.05, 0) is 0 Å². The van der Waals surface area contributed by atoms with Crippen LogP contribution in [-0.4, -0.2) is 28.5 Å². The Balaban J connectivity index is 2.13. The number of anilines is 2. The quantitative estimate of drug-likeness (QED) is 0.594. The average molecular weight is 230 g/mol. The van der Waals surface area contributed by atoms with Gasteiger partial charge in [-0.15, -0.1) is 0 Å². The third kappa shape index (κ3) is 2.25. The molecule has 8 heteroatoms. The Labute approximate surface area is 89.9 Å². The minimum Gasteiger partial charge on any atom is -0.368 e. The van der Waals surface area contributed by atoms with Crippen molar-refractivity contribution in [3.63, 3.8) is 0 Å². The first-order valence-electron chi connectivity index (χ1n) is 4.13. The molecule has 7 nitrogen and oxygen atoms in total. The van der Waals surface area contributed by atoms with Crippen LogP contribution >= 0.6 is 11.6 Å². The van der Waals surface area contributed by atoms with E-state index in [4.69, 9.17) is 22.2 Å². The molecule has 0 spiro atoms. The molecule has 1 atom stereocenters. The van der Waals surface area contributed by atoms with Crippen LogP contribution in [0.1, 0.15) is 0 Å². The smallest absolute Gasteiger partial charge is 0.268 e. The van der Waals surface area contributed by atoms with Crippen molar-refractivity contribution in [2.45, 2.75) is 6.04 Å². The van der Waals surface area contributed by atoms with Crippen molar-refractivity contribution in [3.8, 4) is 0 Å².